The quantitative estimate of drug-likeness (QED) is 0.500. The molecule has 0 atom stereocenters. The molecule has 0 saturated heterocycles. The average Bonchev–Trinajstić information content (AvgIpc) is 2.71. The summed E-state index contributed by atoms with van der Waals surface area (Å²) in [5, 5.41) is 9.44. The molecule has 0 aliphatic carbocycles. The van der Waals surface area contributed by atoms with E-state index in [1.807, 2.05) is 36.4 Å². The Labute approximate surface area is 178 Å². The first-order valence-electron chi connectivity index (χ1n) is 8.96. The van der Waals surface area contributed by atoms with Gasteiger partial charge in [-0.15, -0.1) is 0 Å². The van der Waals surface area contributed by atoms with Crippen LogP contribution in [0.2, 0.25) is 5.02 Å². The van der Waals surface area contributed by atoms with Crippen LogP contribution in [0.4, 0.5) is 10.5 Å². The van der Waals surface area contributed by atoms with Crippen LogP contribution in [0.15, 0.2) is 65.9 Å². The average molecular weight is 430 g/mol. The molecular weight excluding hydrogens is 410 g/mol. The number of thioether (sulfide) groups is 1. The molecule has 3 rings (SSSR count). The summed E-state index contributed by atoms with van der Waals surface area (Å²) < 4.78 is 4.92. The smallest absolute Gasteiger partial charge is 0.354 e. The van der Waals surface area contributed by atoms with Gasteiger partial charge in [-0.25, -0.2) is 9.80 Å². The maximum absolute atomic E-state index is 12.3. The minimum Gasteiger partial charge on any atom is -0.461 e. The van der Waals surface area contributed by atoms with Crippen LogP contribution in [-0.2, 0) is 16.1 Å². The zero-order valence-electron chi connectivity index (χ0n) is 15.9. The van der Waals surface area contributed by atoms with Gasteiger partial charge in [-0.1, -0.05) is 54.2 Å². The fraction of sp³-hybridized carbons (Fsp3) is 0.190. The highest BCUT2D eigenvalue weighted by Crippen LogP contribution is 2.23. The van der Waals surface area contributed by atoms with E-state index in [4.69, 9.17) is 16.3 Å². The van der Waals surface area contributed by atoms with Crippen molar-refractivity contribution in [2.45, 2.75) is 13.5 Å². The van der Waals surface area contributed by atoms with E-state index in [1.54, 1.807) is 19.1 Å². The minimum absolute atomic E-state index is 0.114. The third-order valence-electron chi connectivity index (χ3n) is 4.04. The van der Waals surface area contributed by atoms with Gasteiger partial charge in [0.05, 0.1) is 18.9 Å². The lowest BCUT2D eigenvalue weighted by Crippen LogP contribution is -2.29. The molecule has 150 valence electrons. The van der Waals surface area contributed by atoms with E-state index in [0.717, 1.165) is 16.8 Å². The van der Waals surface area contributed by atoms with E-state index in [1.165, 1.54) is 16.8 Å². The number of halogens is 1. The SMILES string of the molecule is C=C(Nc1cccc(CN2N=C(c3ccc(Cl)cc3)CSC2=O)c1)C(=O)OCC. The highest BCUT2D eigenvalue weighted by atomic mass is 35.5. The van der Waals surface area contributed by atoms with Crippen molar-refractivity contribution >= 4 is 46.0 Å². The van der Waals surface area contributed by atoms with E-state index in [0.29, 0.717) is 23.0 Å². The molecule has 0 spiro atoms. The predicted molar refractivity (Wildman–Crippen MR) is 117 cm³/mol. The number of amides is 1. The molecule has 8 heteroatoms. The number of esters is 1. The largest absolute Gasteiger partial charge is 0.461 e. The normalized spacial score (nSPS) is 13.7. The number of hydrazone groups is 1. The van der Waals surface area contributed by atoms with Crippen molar-refractivity contribution in [3.8, 4) is 0 Å². The predicted octanol–water partition coefficient (Wildman–Crippen LogP) is 4.90. The number of carbonyl (C=O) groups is 2. The maximum Gasteiger partial charge on any atom is 0.354 e. The summed E-state index contributed by atoms with van der Waals surface area (Å²) in [5.41, 5.74) is 3.44. The van der Waals surface area contributed by atoms with E-state index in [9.17, 15) is 9.59 Å². The molecular formula is C21H20ClN3O3S. The second-order valence-corrected chi connectivity index (χ2v) is 7.55. The molecule has 29 heavy (non-hydrogen) atoms. The van der Waals surface area contributed by atoms with Crippen LogP contribution in [-0.4, -0.2) is 34.3 Å². The Morgan fingerprint density at radius 2 is 2.07 bits per heavy atom. The van der Waals surface area contributed by atoms with Gasteiger partial charge in [0, 0.05) is 16.5 Å². The molecule has 0 unspecified atom stereocenters. The first-order valence-corrected chi connectivity index (χ1v) is 10.3. The Morgan fingerprint density at radius 3 is 2.79 bits per heavy atom. The number of nitrogens with one attached hydrogen (secondary N) is 1. The van der Waals surface area contributed by atoms with Crippen LogP contribution in [0.3, 0.4) is 0 Å². The highest BCUT2D eigenvalue weighted by molar-refractivity contribution is 8.14. The Kier molecular flexibility index (Phi) is 6.95. The van der Waals surface area contributed by atoms with Crippen molar-refractivity contribution in [1.82, 2.24) is 5.01 Å². The first kappa shape index (κ1) is 21.0. The number of rotatable bonds is 7. The fourth-order valence-corrected chi connectivity index (χ4v) is 3.53. The number of anilines is 1. The van der Waals surface area contributed by atoms with E-state index >= 15 is 0 Å². The number of nitrogens with zero attached hydrogens (tertiary/aromatic N) is 2. The van der Waals surface area contributed by atoms with Crippen molar-refractivity contribution in [2.75, 3.05) is 17.7 Å². The summed E-state index contributed by atoms with van der Waals surface area (Å²) in [6.45, 7) is 6.02. The Morgan fingerprint density at radius 1 is 1.31 bits per heavy atom. The molecule has 2 aromatic rings. The van der Waals surface area contributed by atoms with Crippen molar-refractivity contribution in [2.24, 2.45) is 5.10 Å². The summed E-state index contributed by atoms with van der Waals surface area (Å²) in [7, 11) is 0. The zero-order valence-corrected chi connectivity index (χ0v) is 17.4. The molecule has 1 heterocycles. The van der Waals surface area contributed by atoms with E-state index in [2.05, 4.69) is 17.0 Å². The molecule has 0 radical (unpaired) electrons. The molecule has 2 aromatic carbocycles. The summed E-state index contributed by atoms with van der Waals surface area (Å²) in [6, 6.07) is 14.8. The monoisotopic (exact) mass is 429 g/mol. The number of benzene rings is 2. The molecule has 1 amide bonds. The molecule has 0 bridgehead atoms. The number of carbonyl (C=O) groups excluding carboxylic acids is 2. The van der Waals surface area contributed by atoms with Gasteiger partial charge in [0.1, 0.15) is 5.70 Å². The summed E-state index contributed by atoms with van der Waals surface area (Å²) in [5.74, 6) is 0.00972. The summed E-state index contributed by atoms with van der Waals surface area (Å²) >= 11 is 7.16. The fourth-order valence-electron chi connectivity index (χ4n) is 2.67. The topological polar surface area (TPSA) is 71.0 Å². The van der Waals surface area contributed by atoms with E-state index < -0.39 is 5.97 Å². The molecule has 0 fully saturated rings. The van der Waals surface area contributed by atoms with E-state index in [-0.39, 0.29) is 17.5 Å². The third-order valence-corrected chi connectivity index (χ3v) is 5.17. The third kappa shape index (κ3) is 5.62. The van der Waals surface area contributed by atoms with Crippen molar-refractivity contribution < 1.29 is 14.3 Å². The zero-order chi connectivity index (χ0) is 20.8. The highest BCUT2D eigenvalue weighted by Gasteiger charge is 2.22. The second-order valence-electron chi connectivity index (χ2n) is 6.19. The van der Waals surface area contributed by atoms with Crippen molar-refractivity contribution in [3.05, 3.63) is 77.0 Å². The Balaban J connectivity index is 1.73. The van der Waals surface area contributed by atoms with Gasteiger partial charge in [0.2, 0.25) is 0 Å². The lowest BCUT2D eigenvalue weighted by molar-refractivity contribution is -0.138. The van der Waals surface area contributed by atoms with Gasteiger partial charge in [0.15, 0.2) is 0 Å². The lowest BCUT2D eigenvalue weighted by atomic mass is 10.1. The van der Waals surface area contributed by atoms with Crippen LogP contribution in [0.5, 0.6) is 0 Å². The van der Waals surface area contributed by atoms with Crippen molar-refractivity contribution in [3.63, 3.8) is 0 Å². The first-order chi connectivity index (χ1) is 14.0. The van der Waals surface area contributed by atoms with Gasteiger partial charge < -0.3 is 10.1 Å². The van der Waals surface area contributed by atoms with Crippen LogP contribution in [0.1, 0.15) is 18.1 Å². The van der Waals surface area contributed by atoms with Gasteiger partial charge >= 0.3 is 11.2 Å². The molecule has 0 aromatic heterocycles. The summed E-state index contributed by atoms with van der Waals surface area (Å²) in [6.07, 6.45) is 0. The molecule has 6 nitrogen and oxygen atoms in total. The van der Waals surface area contributed by atoms with Gasteiger partial charge in [-0.2, -0.15) is 5.10 Å². The van der Waals surface area contributed by atoms with Crippen LogP contribution in [0.25, 0.3) is 0 Å². The number of hydrogen-bond acceptors (Lipinski definition) is 6. The Bertz CT molecular complexity index is 960. The number of ether oxygens (including phenoxy) is 1. The standard InChI is InChI=1S/C21H20ClN3O3S/c1-3-28-20(26)14(2)23-18-6-4-5-15(11-18)12-25-21(27)29-13-19(24-25)16-7-9-17(22)10-8-16/h4-11,23H,2-3,12-13H2,1H3. The van der Waals surface area contributed by atoms with Gasteiger partial charge in [-0.3, -0.25) is 4.79 Å². The van der Waals surface area contributed by atoms with Gasteiger partial charge in [0.25, 0.3) is 0 Å². The lowest BCUT2D eigenvalue weighted by Gasteiger charge is -2.23. The van der Waals surface area contributed by atoms with Crippen LogP contribution >= 0.6 is 23.4 Å². The van der Waals surface area contributed by atoms with Crippen LogP contribution in [0, 0.1) is 0 Å². The minimum atomic E-state index is -0.502. The maximum atomic E-state index is 12.3. The van der Waals surface area contributed by atoms with Gasteiger partial charge in [-0.05, 0) is 42.3 Å². The number of hydrogen-bond donors (Lipinski definition) is 1. The molecule has 1 aliphatic rings. The van der Waals surface area contributed by atoms with Crippen molar-refractivity contribution in [1.29, 1.82) is 0 Å². The van der Waals surface area contributed by atoms with Crippen LogP contribution < -0.4 is 5.32 Å². The second kappa shape index (κ2) is 9.62. The molecule has 0 saturated carbocycles. The Hall–Kier alpha value is -2.77. The molecule has 1 N–H and O–H groups in total. The molecule has 1 aliphatic heterocycles. The summed E-state index contributed by atoms with van der Waals surface area (Å²) in [4.78, 5) is 24.0.